The van der Waals surface area contributed by atoms with E-state index in [2.05, 4.69) is 0 Å². The number of hydrogen-bond acceptors (Lipinski definition) is 3. The summed E-state index contributed by atoms with van der Waals surface area (Å²) in [6.45, 7) is 1.70. The lowest BCUT2D eigenvalue weighted by Crippen LogP contribution is -2.43. The quantitative estimate of drug-likeness (QED) is 0.705. The summed E-state index contributed by atoms with van der Waals surface area (Å²) in [5.74, 6) is -0.780. The van der Waals surface area contributed by atoms with Crippen molar-refractivity contribution in [3.05, 3.63) is 24.2 Å². The first kappa shape index (κ1) is 8.80. The van der Waals surface area contributed by atoms with Gasteiger partial charge in [0, 0.05) is 0 Å². The van der Waals surface area contributed by atoms with E-state index in [4.69, 9.17) is 15.3 Å². The van der Waals surface area contributed by atoms with Crippen LogP contribution in [0.15, 0.2) is 22.8 Å². The molecule has 0 radical (unpaired) electrons. The van der Waals surface area contributed by atoms with Gasteiger partial charge in [-0.2, -0.15) is 0 Å². The van der Waals surface area contributed by atoms with Crippen LogP contribution >= 0.6 is 0 Å². The standard InChI is InChI=1S/C8H11NO3/c1-2-8(9,7(10)11)6-4-3-5-12-6/h3-5H,2,9H2,1H3,(H,10,11)/t8-/m0/s1. The molecule has 12 heavy (non-hydrogen) atoms. The summed E-state index contributed by atoms with van der Waals surface area (Å²) in [5.41, 5.74) is 4.23. The number of carboxylic acid groups (broad SMARTS) is 1. The van der Waals surface area contributed by atoms with Crippen molar-refractivity contribution in [2.75, 3.05) is 0 Å². The van der Waals surface area contributed by atoms with Crippen LogP contribution in [0.3, 0.4) is 0 Å². The highest BCUT2D eigenvalue weighted by molar-refractivity contribution is 5.79. The normalized spacial score (nSPS) is 15.5. The van der Waals surface area contributed by atoms with Crippen molar-refractivity contribution in [3.63, 3.8) is 0 Å². The number of hydrogen-bond donors (Lipinski definition) is 2. The molecule has 0 aliphatic carbocycles. The molecule has 4 nitrogen and oxygen atoms in total. The molecule has 4 heteroatoms. The van der Waals surface area contributed by atoms with E-state index in [9.17, 15) is 4.79 Å². The van der Waals surface area contributed by atoms with Gasteiger partial charge in [0.15, 0.2) is 5.54 Å². The Kier molecular flexibility index (Phi) is 2.19. The molecule has 1 rings (SSSR count). The van der Waals surface area contributed by atoms with E-state index in [-0.39, 0.29) is 5.76 Å². The average Bonchev–Trinajstić information content (AvgIpc) is 2.54. The topological polar surface area (TPSA) is 76.5 Å². The summed E-state index contributed by atoms with van der Waals surface area (Å²) in [6.07, 6.45) is 1.71. The fourth-order valence-electron chi connectivity index (χ4n) is 0.963. The van der Waals surface area contributed by atoms with Crippen molar-refractivity contribution in [2.45, 2.75) is 18.9 Å². The van der Waals surface area contributed by atoms with E-state index in [0.29, 0.717) is 6.42 Å². The third-order valence-electron chi connectivity index (χ3n) is 1.90. The summed E-state index contributed by atoms with van der Waals surface area (Å²) < 4.78 is 4.94. The number of nitrogens with two attached hydrogens (primary N) is 1. The minimum absolute atomic E-state index is 0.289. The third kappa shape index (κ3) is 1.21. The summed E-state index contributed by atoms with van der Waals surface area (Å²) in [6, 6.07) is 3.19. The smallest absolute Gasteiger partial charge is 0.331 e. The van der Waals surface area contributed by atoms with Crippen LogP contribution in [0.1, 0.15) is 19.1 Å². The minimum atomic E-state index is -1.39. The first-order valence-corrected chi connectivity index (χ1v) is 3.67. The van der Waals surface area contributed by atoms with E-state index in [1.165, 1.54) is 6.26 Å². The van der Waals surface area contributed by atoms with E-state index in [1.54, 1.807) is 19.1 Å². The maximum absolute atomic E-state index is 10.8. The zero-order valence-corrected chi connectivity index (χ0v) is 6.78. The molecule has 66 valence electrons. The SMILES string of the molecule is CC[C@@](N)(C(=O)O)c1ccco1. The monoisotopic (exact) mass is 169 g/mol. The van der Waals surface area contributed by atoms with E-state index in [0.717, 1.165) is 0 Å². The summed E-state index contributed by atoms with van der Waals surface area (Å²) in [4.78, 5) is 10.8. The number of furan rings is 1. The van der Waals surface area contributed by atoms with E-state index >= 15 is 0 Å². The predicted molar refractivity (Wildman–Crippen MR) is 42.5 cm³/mol. The molecule has 0 aromatic carbocycles. The van der Waals surface area contributed by atoms with Crippen LogP contribution in [-0.2, 0) is 10.3 Å². The molecular formula is C8H11NO3. The van der Waals surface area contributed by atoms with Crippen LogP contribution in [0.4, 0.5) is 0 Å². The van der Waals surface area contributed by atoms with Gasteiger partial charge in [-0.3, -0.25) is 0 Å². The van der Waals surface area contributed by atoms with Gasteiger partial charge in [0.2, 0.25) is 0 Å². The minimum Gasteiger partial charge on any atom is -0.480 e. The zero-order chi connectivity index (χ0) is 9.19. The second-order valence-electron chi connectivity index (χ2n) is 2.61. The van der Waals surface area contributed by atoms with Crippen LogP contribution < -0.4 is 5.73 Å². The Balaban J connectivity index is 3.04. The molecule has 0 bridgehead atoms. The van der Waals surface area contributed by atoms with Crippen molar-refractivity contribution >= 4 is 5.97 Å². The van der Waals surface area contributed by atoms with Gasteiger partial charge in [0.05, 0.1) is 6.26 Å². The molecule has 0 fully saturated rings. The second-order valence-corrected chi connectivity index (χ2v) is 2.61. The molecule has 0 aliphatic rings. The predicted octanol–water partition coefficient (Wildman–Crippen LogP) is 0.928. The molecule has 0 amide bonds. The Hall–Kier alpha value is -1.29. The molecule has 3 N–H and O–H groups in total. The van der Waals surface area contributed by atoms with Gasteiger partial charge in [-0.15, -0.1) is 0 Å². The lowest BCUT2D eigenvalue weighted by Gasteiger charge is -2.19. The summed E-state index contributed by atoms with van der Waals surface area (Å²) >= 11 is 0. The lowest BCUT2D eigenvalue weighted by atomic mass is 9.95. The van der Waals surface area contributed by atoms with Gasteiger partial charge >= 0.3 is 5.97 Å². The highest BCUT2D eigenvalue weighted by Gasteiger charge is 2.36. The Morgan fingerprint density at radius 1 is 1.83 bits per heavy atom. The Morgan fingerprint density at radius 2 is 2.50 bits per heavy atom. The van der Waals surface area contributed by atoms with Gasteiger partial charge in [-0.05, 0) is 18.6 Å². The molecule has 0 spiro atoms. The largest absolute Gasteiger partial charge is 0.480 e. The molecule has 1 aromatic rings. The zero-order valence-electron chi connectivity index (χ0n) is 6.78. The number of carbonyl (C=O) groups is 1. The number of aliphatic carboxylic acids is 1. The third-order valence-corrected chi connectivity index (χ3v) is 1.90. The van der Waals surface area contributed by atoms with Crippen LogP contribution in [0, 0.1) is 0 Å². The Morgan fingerprint density at radius 3 is 2.83 bits per heavy atom. The number of carboxylic acids is 1. The molecule has 0 aliphatic heterocycles. The van der Waals surface area contributed by atoms with Gasteiger partial charge in [-0.1, -0.05) is 6.92 Å². The maximum atomic E-state index is 10.8. The Labute approximate surface area is 70.0 Å². The molecule has 1 aromatic heterocycles. The Bertz CT molecular complexity index is 268. The van der Waals surface area contributed by atoms with E-state index in [1.807, 2.05) is 0 Å². The maximum Gasteiger partial charge on any atom is 0.331 e. The average molecular weight is 169 g/mol. The fourth-order valence-corrected chi connectivity index (χ4v) is 0.963. The first-order chi connectivity index (χ1) is 5.61. The van der Waals surface area contributed by atoms with Crippen LogP contribution in [0.25, 0.3) is 0 Å². The molecule has 0 unspecified atom stereocenters. The van der Waals surface area contributed by atoms with Crippen LogP contribution in [0.5, 0.6) is 0 Å². The molecule has 0 saturated carbocycles. The highest BCUT2D eigenvalue weighted by Crippen LogP contribution is 2.22. The molecule has 0 saturated heterocycles. The van der Waals surface area contributed by atoms with Crippen molar-refractivity contribution in [1.82, 2.24) is 0 Å². The van der Waals surface area contributed by atoms with Gasteiger partial charge in [-0.25, -0.2) is 4.79 Å². The first-order valence-electron chi connectivity index (χ1n) is 3.67. The van der Waals surface area contributed by atoms with Crippen LogP contribution in [0.2, 0.25) is 0 Å². The molecule has 1 heterocycles. The van der Waals surface area contributed by atoms with Crippen molar-refractivity contribution in [2.24, 2.45) is 5.73 Å². The summed E-state index contributed by atoms with van der Waals surface area (Å²) in [5, 5.41) is 8.82. The van der Waals surface area contributed by atoms with Crippen LogP contribution in [-0.4, -0.2) is 11.1 Å². The van der Waals surface area contributed by atoms with E-state index < -0.39 is 11.5 Å². The van der Waals surface area contributed by atoms with Crippen molar-refractivity contribution in [3.8, 4) is 0 Å². The molecule has 1 atom stereocenters. The lowest BCUT2D eigenvalue weighted by molar-refractivity contribution is -0.144. The highest BCUT2D eigenvalue weighted by atomic mass is 16.4. The number of rotatable bonds is 3. The molecular weight excluding hydrogens is 158 g/mol. The van der Waals surface area contributed by atoms with Gasteiger partial charge in [0.1, 0.15) is 5.76 Å². The van der Waals surface area contributed by atoms with Gasteiger partial charge in [0.25, 0.3) is 0 Å². The summed E-state index contributed by atoms with van der Waals surface area (Å²) in [7, 11) is 0. The van der Waals surface area contributed by atoms with Gasteiger partial charge < -0.3 is 15.3 Å². The second kappa shape index (κ2) is 2.98. The van der Waals surface area contributed by atoms with Crippen molar-refractivity contribution < 1.29 is 14.3 Å². The fraction of sp³-hybridized carbons (Fsp3) is 0.375. The van der Waals surface area contributed by atoms with Crippen molar-refractivity contribution in [1.29, 1.82) is 0 Å².